The lowest BCUT2D eigenvalue weighted by Gasteiger charge is -2.26. The molecule has 0 unspecified atom stereocenters. The topological polar surface area (TPSA) is 46.3 Å². The molecule has 2 rings (SSSR count). The van der Waals surface area contributed by atoms with E-state index in [1.807, 2.05) is 12.1 Å². The third-order valence-electron chi connectivity index (χ3n) is 2.66. The van der Waals surface area contributed by atoms with Crippen molar-refractivity contribution in [3.05, 3.63) is 28.8 Å². The molecule has 0 aromatic heterocycles. The van der Waals surface area contributed by atoms with Crippen LogP contribution in [0, 0.1) is 0 Å². The number of nitrogen functional groups attached to an aromatic ring is 1. The van der Waals surface area contributed by atoms with E-state index in [4.69, 9.17) is 17.3 Å². The van der Waals surface area contributed by atoms with Gasteiger partial charge >= 0.3 is 0 Å². The minimum Gasteiger partial charge on any atom is -0.399 e. The first-order chi connectivity index (χ1) is 7.63. The molecule has 1 saturated heterocycles. The van der Waals surface area contributed by atoms with Crippen LogP contribution in [0.4, 0.5) is 5.69 Å². The number of hydrogen-bond acceptors (Lipinski definition) is 3. The van der Waals surface area contributed by atoms with Crippen LogP contribution in [-0.4, -0.2) is 33.7 Å². The SMILES string of the molecule is Nc1cc(Cl)cc(CN2CCS(=O)CC2)c1. The lowest BCUT2D eigenvalue weighted by atomic mass is 10.2. The molecular formula is C11H15ClN2OS. The molecule has 16 heavy (non-hydrogen) atoms. The predicted octanol–water partition coefficient (Wildman–Crippen LogP) is 1.49. The Kier molecular flexibility index (Phi) is 3.84. The molecule has 0 radical (unpaired) electrons. The molecule has 1 fully saturated rings. The predicted molar refractivity (Wildman–Crippen MR) is 69.0 cm³/mol. The van der Waals surface area contributed by atoms with Gasteiger partial charge in [0.15, 0.2) is 0 Å². The maximum atomic E-state index is 11.2. The van der Waals surface area contributed by atoms with Gasteiger partial charge in [-0.3, -0.25) is 9.11 Å². The van der Waals surface area contributed by atoms with Crippen LogP contribution in [0.5, 0.6) is 0 Å². The lowest BCUT2D eigenvalue weighted by molar-refractivity contribution is 0.291. The first kappa shape index (κ1) is 11.9. The molecule has 1 aromatic carbocycles. The second kappa shape index (κ2) is 5.17. The number of rotatable bonds is 2. The molecule has 0 atom stereocenters. The van der Waals surface area contributed by atoms with Gasteiger partial charge in [-0.25, -0.2) is 0 Å². The Morgan fingerprint density at radius 2 is 2.00 bits per heavy atom. The Hall–Kier alpha value is -0.580. The van der Waals surface area contributed by atoms with Gasteiger partial charge in [-0.05, 0) is 23.8 Å². The zero-order chi connectivity index (χ0) is 11.5. The van der Waals surface area contributed by atoms with Crippen molar-refractivity contribution in [1.82, 2.24) is 4.90 Å². The maximum absolute atomic E-state index is 11.2. The molecular weight excluding hydrogens is 244 g/mol. The van der Waals surface area contributed by atoms with Gasteiger partial charge in [-0.2, -0.15) is 0 Å². The molecule has 0 aliphatic carbocycles. The van der Waals surface area contributed by atoms with E-state index in [9.17, 15) is 4.21 Å². The summed E-state index contributed by atoms with van der Waals surface area (Å²) in [6.07, 6.45) is 0. The molecule has 1 aliphatic rings. The monoisotopic (exact) mass is 258 g/mol. The quantitative estimate of drug-likeness (QED) is 0.818. The standard InChI is InChI=1S/C11H15ClN2OS/c12-10-5-9(6-11(13)7-10)8-14-1-3-16(15)4-2-14/h5-7H,1-4,8,13H2. The summed E-state index contributed by atoms with van der Waals surface area (Å²) >= 11 is 5.94. The fourth-order valence-electron chi connectivity index (χ4n) is 1.86. The minimum atomic E-state index is -0.620. The van der Waals surface area contributed by atoms with E-state index in [1.165, 1.54) is 0 Å². The molecule has 1 heterocycles. The number of nitrogens with two attached hydrogens (primary N) is 1. The third-order valence-corrected chi connectivity index (χ3v) is 4.15. The van der Waals surface area contributed by atoms with E-state index in [0.29, 0.717) is 10.7 Å². The Bertz CT molecular complexity index is 381. The second-order valence-electron chi connectivity index (χ2n) is 4.02. The van der Waals surface area contributed by atoms with Crippen LogP contribution in [0.1, 0.15) is 5.56 Å². The van der Waals surface area contributed by atoms with E-state index in [0.717, 1.165) is 36.7 Å². The molecule has 1 aromatic rings. The molecule has 0 amide bonds. The van der Waals surface area contributed by atoms with Gasteiger partial charge in [0.05, 0.1) is 0 Å². The van der Waals surface area contributed by atoms with Crippen molar-refractivity contribution in [1.29, 1.82) is 0 Å². The van der Waals surface area contributed by atoms with Crippen LogP contribution < -0.4 is 5.73 Å². The zero-order valence-electron chi connectivity index (χ0n) is 8.99. The normalized spacial score (nSPS) is 18.8. The second-order valence-corrected chi connectivity index (χ2v) is 6.15. The zero-order valence-corrected chi connectivity index (χ0v) is 10.6. The van der Waals surface area contributed by atoms with E-state index >= 15 is 0 Å². The Morgan fingerprint density at radius 1 is 1.31 bits per heavy atom. The Balaban J connectivity index is 2.00. The van der Waals surface area contributed by atoms with Crippen LogP contribution in [0.2, 0.25) is 5.02 Å². The van der Waals surface area contributed by atoms with Crippen LogP contribution in [0.15, 0.2) is 18.2 Å². The number of hydrogen-bond donors (Lipinski definition) is 1. The summed E-state index contributed by atoms with van der Waals surface area (Å²) in [6, 6.07) is 5.62. The number of anilines is 1. The summed E-state index contributed by atoms with van der Waals surface area (Å²) in [6.45, 7) is 2.61. The highest BCUT2D eigenvalue weighted by Gasteiger charge is 2.15. The van der Waals surface area contributed by atoms with E-state index < -0.39 is 10.8 Å². The van der Waals surface area contributed by atoms with Gasteiger partial charge in [-0.1, -0.05) is 11.6 Å². The molecule has 88 valence electrons. The van der Waals surface area contributed by atoms with Crippen molar-refractivity contribution < 1.29 is 4.21 Å². The summed E-state index contributed by atoms with van der Waals surface area (Å²) in [5.41, 5.74) is 7.56. The molecule has 5 heteroatoms. The Labute approximate surface area is 103 Å². The van der Waals surface area contributed by atoms with E-state index in [1.54, 1.807) is 6.07 Å². The van der Waals surface area contributed by atoms with Gasteiger partial charge < -0.3 is 5.73 Å². The van der Waals surface area contributed by atoms with Crippen LogP contribution in [0.3, 0.4) is 0 Å². The van der Waals surface area contributed by atoms with Crippen molar-refractivity contribution in [3.63, 3.8) is 0 Å². The summed E-state index contributed by atoms with van der Waals surface area (Å²) in [4.78, 5) is 2.28. The number of halogens is 1. The highest BCUT2D eigenvalue weighted by molar-refractivity contribution is 7.85. The number of nitrogens with zero attached hydrogens (tertiary/aromatic N) is 1. The third kappa shape index (κ3) is 3.20. The van der Waals surface area contributed by atoms with Crippen molar-refractivity contribution in [3.8, 4) is 0 Å². The van der Waals surface area contributed by atoms with Gasteiger partial charge in [0.1, 0.15) is 0 Å². The first-order valence-corrected chi connectivity index (χ1v) is 7.12. The molecule has 1 aliphatic heterocycles. The highest BCUT2D eigenvalue weighted by atomic mass is 35.5. The smallest absolute Gasteiger partial charge is 0.0429 e. The van der Waals surface area contributed by atoms with Gasteiger partial charge in [0, 0.05) is 52.6 Å². The van der Waals surface area contributed by atoms with Gasteiger partial charge in [0.2, 0.25) is 0 Å². The van der Waals surface area contributed by atoms with E-state index in [-0.39, 0.29) is 0 Å². The maximum Gasteiger partial charge on any atom is 0.0429 e. The van der Waals surface area contributed by atoms with Crippen LogP contribution >= 0.6 is 11.6 Å². The minimum absolute atomic E-state index is 0.620. The van der Waals surface area contributed by atoms with Crippen LogP contribution in [0.25, 0.3) is 0 Å². The molecule has 0 saturated carbocycles. The average molecular weight is 259 g/mol. The largest absolute Gasteiger partial charge is 0.399 e. The van der Waals surface area contributed by atoms with Gasteiger partial charge in [0.25, 0.3) is 0 Å². The number of benzene rings is 1. The highest BCUT2D eigenvalue weighted by Crippen LogP contribution is 2.18. The summed E-state index contributed by atoms with van der Waals surface area (Å²) in [7, 11) is -0.620. The fourth-order valence-corrected chi connectivity index (χ4v) is 3.25. The van der Waals surface area contributed by atoms with Crippen LogP contribution in [-0.2, 0) is 17.3 Å². The average Bonchev–Trinajstić information content (AvgIpc) is 2.20. The van der Waals surface area contributed by atoms with E-state index in [2.05, 4.69) is 4.90 Å². The van der Waals surface area contributed by atoms with Crippen molar-refractivity contribution in [2.24, 2.45) is 0 Å². The van der Waals surface area contributed by atoms with Crippen molar-refractivity contribution in [2.45, 2.75) is 6.54 Å². The van der Waals surface area contributed by atoms with Gasteiger partial charge in [-0.15, -0.1) is 0 Å². The summed E-state index contributed by atoms with van der Waals surface area (Å²) < 4.78 is 11.2. The molecule has 2 N–H and O–H groups in total. The fraction of sp³-hybridized carbons (Fsp3) is 0.455. The lowest BCUT2D eigenvalue weighted by Crippen LogP contribution is -2.37. The first-order valence-electron chi connectivity index (χ1n) is 5.26. The molecule has 0 spiro atoms. The Morgan fingerprint density at radius 3 is 2.62 bits per heavy atom. The van der Waals surface area contributed by atoms with Crippen molar-refractivity contribution in [2.75, 3.05) is 30.3 Å². The van der Waals surface area contributed by atoms with Crippen molar-refractivity contribution >= 4 is 28.1 Å². The molecule has 3 nitrogen and oxygen atoms in total. The summed E-state index contributed by atoms with van der Waals surface area (Å²) in [5, 5.41) is 0.676. The summed E-state index contributed by atoms with van der Waals surface area (Å²) in [5.74, 6) is 1.55. The molecule has 0 bridgehead atoms.